The third-order valence-electron chi connectivity index (χ3n) is 2.09. The maximum absolute atomic E-state index is 11.8. The highest BCUT2D eigenvalue weighted by molar-refractivity contribution is 6.30. The molecular formula is C13H9ClN2O. The van der Waals surface area contributed by atoms with E-state index in [9.17, 15) is 4.79 Å². The first kappa shape index (κ1) is 11.5. The van der Waals surface area contributed by atoms with Crippen LogP contribution in [0.5, 0.6) is 0 Å². The molecule has 0 fully saturated rings. The number of hydrogen-bond donors (Lipinski definition) is 0. The van der Waals surface area contributed by atoms with Crippen LogP contribution in [0.4, 0.5) is 0 Å². The van der Waals surface area contributed by atoms with Gasteiger partial charge in [-0.25, -0.2) is 9.98 Å². The fraction of sp³-hybridized carbons (Fsp3) is 0. The molecule has 0 N–H and O–H groups in total. The summed E-state index contributed by atoms with van der Waals surface area (Å²) in [5, 5.41) is 0.601. The largest absolute Gasteiger partial charge is 0.289 e. The van der Waals surface area contributed by atoms with E-state index in [1.807, 2.05) is 0 Å². The molecule has 84 valence electrons. The first-order chi connectivity index (χ1) is 8.25. The van der Waals surface area contributed by atoms with Gasteiger partial charge in [0.15, 0.2) is 11.6 Å². The Hall–Kier alpha value is -2.00. The van der Waals surface area contributed by atoms with Crippen molar-refractivity contribution in [2.24, 2.45) is 9.98 Å². The van der Waals surface area contributed by atoms with Gasteiger partial charge in [-0.05, 0) is 36.4 Å². The Morgan fingerprint density at radius 1 is 1.06 bits per heavy atom. The number of rotatable bonds is 2. The van der Waals surface area contributed by atoms with Crippen LogP contribution in [0.15, 0.2) is 58.3 Å². The van der Waals surface area contributed by atoms with Crippen molar-refractivity contribution in [2.45, 2.75) is 0 Å². The molecule has 1 aromatic carbocycles. The van der Waals surface area contributed by atoms with Crippen molar-refractivity contribution >= 4 is 29.8 Å². The van der Waals surface area contributed by atoms with Gasteiger partial charge in [0.2, 0.25) is 0 Å². The summed E-state index contributed by atoms with van der Waals surface area (Å²) in [6.07, 6.45) is 8.07. The normalized spacial score (nSPS) is 13.6. The molecule has 0 saturated carbocycles. The molecule has 0 atom stereocenters. The topological polar surface area (TPSA) is 41.8 Å². The quantitative estimate of drug-likeness (QED) is 0.582. The zero-order valence-corrected chi connectivity index (χ0v) is 9.63. The standard InChI is InChI=1S/C13H9ClN2O/c14-11-5-3-10(4-6-11)12(17)9-13-15-7-1-2-8-16-13/h1-9H. The van der Waals surface area contributed by atoms with E-state index in [-0.39, 0.29) is 5.78 Å². The summed E-state index contributed by atoms with van der Waals surface area (Å²) < 4.78 is 0. The van der Waals surface area contributed by atoms with Gasteiger partial charge in [0, 0.05) is 29.1 Å². The molecule has 1 heterocycles. The van der Waals surface area contributed by atoms with Crippen molar-refractivity contribution in [3.05, 3.63) is 58.9 Å². The van der Waals surface area contributed by atoms with E-state index < -0.39 is 0 Å². The van der Waals surface area contributed by atoms with E-state index in [4.69, 9.17) is 11.6 Å². The molecular weight excluding hydrogens is 236 g/mol. The predicted molar refractivity (Wildman–Crippen MR) is 70.0 cm³/mol. The van der Waals surface area contributed by atoms with Crippen LogP contribution in [0, 0.1) is 0 Å². The van der Waals surface area contributed by atoms with Gasteiger partial charge in [0.05, 0.1) is 0 Å². The molecule has 0 aromatic heterocycles. The number of nitrogens with zero attached hydrogens (tertiary/aromatic N) is 2. The second-order valence-electron chi connectivity index (χ2n) is 3.31. The average molecular weight is 245 g/mol. The van der Waals surface area contributed by atoms with Crippen LogP contribution >= 0.6 is 11.6 Å². The minimum absolute atomic E-state index is 0.145. The predicted octanol–water partition coefficient (Wildman–Crippen LogP) is 3.08. The lowest BCUT2D eigenvalue weighted by Crippen LogP contribution is -1.95. The fourth-order valence-electron chi connectivity index (χ4n) is 1.26. The molecule has 3 nitrogen and oxygen atoms in total. The number of allylic oxidation sites excluding steroid dienone is 3. The van der Waals surface area contributed by atoms with Crippen molar-refractivity contribution in [2.75, 3.05) is 0 Å². The molecule has 4 heteroatoms. The number of aliphatic imine (C=N–C) groups is 2. The number of carbonyl (C=O) groups excluding carboxylic acids is 1. The maximum Gasteiger partial charge on any atom is 0.189 e. The molecule has 1 aromatic rings. The van der Waals surface area contributed by atoms with Crippen molar-refractivity contribution in [1.29, 1.82) is 0 Å². The zero-order chi connectivity index (χ0) is 12.1. The fourth-order valence-corrected chi connectivity index (χ4v) is 1.39. The first-order valence-corrected chi connectivity index (χ1v) is 5.38. The Morgan fingerprint density at radius 3 is 2.24 bits per heavy atom. The summed E-state index contributed by atoms with van der Waals surface area (Å²) in [5.41, 5.74) is 0.560. The van der Waals surface area contributed by atoms with Crippen LogP contribution in [0.2, 0.25) is 5.02 Å². The molecule has 0 unspecified atom stereocenters. The Bertz CT molecular complexity index is 521. The second kappa shape index (κ2) is 5.37. The Kier molecular flexibility index (Phi) is 3.62. The second-order valence-corrected chi connectivity index (χ2v) is 3.75. The molecule has 0 spiro atoms. The Balaban J connectivity index is 2.21. The maximum atomic E-state index is 11.8. The van der Waals surface area contributed by atoms with Crippen LogP contribution in [-0.4, -0.2) is 18.2 Å². The van der Waals surface area contributed by atoms with E-state index in [0.29, 0.717) is 16.4 Å². The molecule has 1 aliphatic heterocycles. The molecule has 0 aliphatic carbocycles. The molecule has 0 amide bonds. The lowest BCUT2D eigenvalue weighted by atomic mass is 10.1. The van der Waals surface area contributed by atoms with Gasteiger partial charge in [-0.2, -0.15) is 0 Å². The molecule has 0 saturated heterocycles. The summed E-state index contributed by atoms with van der Waals surface area (Å²) in [7, 11) is 0. The van der Waals surface area contributed by atoms with Crippen molar-refractivity contribution in [3.8, 4) is 0 Å². The van der Waals surface area contributed by atoms with E-state index in [2.05, 4.69) is 9.98 Å². The molecule has 0 bridgehead atoms. The van der Waals surface area contributed by atoms with Gasteiger partial charge in [-0.1, -0.05) is 11.6 Å². The number of hydrogen-bond acceptors (Lipinski definition) is 3. The molecule has 0 radical (unpaired) electrons. The monoisotopic (exact) mass is 244 g/mol. The average Bonchev–Trinajstić information content (AvgIpc) is 2.58. The smallest absolute Gasteiger partial charge is 0.189 e. The molecule has 1 aliphatic rings. The summed E-state index contributed by atoms with van der Waals surface area (Å²) >= 11 is 5.75. The van der Waals surface area contributed by atoms with Crippen LogP contribution in [0.25, 0.3) is 0 Å². The van der Waals surface area contributed by atoms with E-state index in [1.165, 1.54) is 6.08 Å². The number of carbonyl (C=O) groups is 1. The van der Waals surface area contributed by atoms with Gasteiger partial charge in [0.25, 0.3) is 0 Å². The minimum atomic E-state index is -0.145. The number of ketones is 1. The number of halogens is 1. The van der Waals surface area contributed by atoms with Gasteiger partial charge in [0.1, 0.15) is 0 Å². The molecule has 2 rings (SSSR count). The van der Waals surface area contributed by atoms with Crippen molar-refractivity contribution in [1.82, 2.24) is 0 Å². The lowest BCUT2D eigenvalue weighted by Gasteiger charge is -1.96. The van der Waals surface area contributed by atoms with E-state index in [0.717, 1.165) is 0 Å². The van der Waals surface area contributed by atoms with Gasteiger partial charge >= 0.3 is 0 Å². The summed E-state index contributed by atoms with van der Waals surface area (Å²) in [6.45, 7) is 0. The third-order valence-corrected chi connectivity index (χ3v) is 2.34. The SMILES string of the molecule is O=C(C=C1N=CC=CC=N1)c1ccc(Cl)cc1. The number of benzene rings is 1. The Labute approximate surface area is 104 Å². The van der Waals surface area contributed by atoms with Gasteiger partial charge in [-0.3, -0.25) is 4.79 Å². The summed E-state index contributed by atoms with van der Waals surface area (Å²) in [4.78, 5) is 19.9. The van der Waals surface area contributed by atoms with Crippen LogP contribution in [0.3, 0.4) is 0 Å². The third kappa shape index (κ3) is 3.23. The van der Waals surface area contributed by atoms with E-state index >= 15 is 0 Å². The van der Waals surface area contributed by atoms with Crippen molar-refractivity contribution in [3.63, 3.8) is 0 Å². The summed E-state index contributed by atoms with van der Waals surface area (Å²) in [5.74, 6) is 0.239. The first-order valence-electron chi connectivity index (χ1n) is 5.01. The van der Waals surface area contributed by atoms with Gasteiger partial charge in [-0.15, -0.1) is 0 Å². The highest BCUT2D eigenvalue weighted by atomic mass is 35.5. The molecule has 17 heavy (non-hydrogen) atoms. The van der Waals surface area contributed by atoms with Gasteiger partial charge < -0.3 is 0 Å². The zero-order valence-electron chi connectivity index (χ0n) is 8.88. The van der Waals surface area contributed by atoms with Crippen LogP contribution in [-0.2, 0) is 0 Å². The van der Waals surface area contributed by atoms with Crippen LogP contribution in [0.1, 0.15) is 10.4 Å². The van der Waals surface area contributed by atoms with E-state index in [1.54, 1.807) is 48.8 Å². The summed E-state index contributed by atoms with van der Waals surface area (Å²) in [6, 6.07) is 6.69. The highest BCUT2D eigenvalue weighted by Gasteiger charge is 2.04. The Morgan fingerprint density at radius 2 is 1.65 bits per heavy atom. The van der Waals surface area contributed by atoms with Crippen molar-refractivity contribution < 1.29 is 4.79 Å². The minimum Gasteiger partial charge on any atom is -0.289 e. The van der Waals surface area contributed by atoms with Crippen LogP contribution < -0.4 is 0 Å². The lowest BCUT2D eigenvalue weighted by molar-refractivity contribution is 0.104. The highest BCUT2D eigenvalue weighted by Crippen LogP contribution is 2.11.